The predicted octanol–water partition coefficient (Wildman–Crippen LogP) is 5.37. The van der Waals surface area contributed by atoms with Crippen LogP contribution in [-0.2, 0) is 9.59 Å². The number of amides is 2. The van der Waals surface area contributed by atoms with Crippen molar-refractivity contribution in [2.24, 2.45) is 0 Å². The summed E-state index contributed by atoms with van der Waals surface area (Å²) in [7, 11) is 0. The number of carbonyl (C=O) groups excluding carboxylic acids is 2. The van der Waals surface area contributed by atoms with Gasteiger partial charge < -0.3 is 10.1 Å². The van der Waals surface area contributed by atoms with Crippen molar-refractivity contribution in [3.8, 4) is 27.6 Å². The van der Waals surface area contributed by atoms with Crippen LogP contribution in [0.1, 0.15) is 6.92 Å². The van der Waals surface area contributed by atoms with Gasteiger partial charge in [-0.3, -0.25) is 14.5 Å². The van der Waals surface area contributed by atoms with E-state index in [9.17, 15) is 14.0 Å². The molecule has 1 aromatic heterocycles. The highest BCUT2D eigenvalue weighted by atomic mass is 32.1. The van der Waals surface area contributed by atoms with E-state index in [0.29, 0.717) is 11.4 Å². The highest BCUT2D eigenvalue weighted by Crippen LogP contribution is 2.38. The average molecular weight is 474 g/mol. The highest BCUT2D eigenvalue weighted by Gasteiger charge is 2.33. The first kappa shape index (κ1) is 21.8. The Morgan fingerprint density at radius 2 is 1.85 bits per heavy atom. The summed E-state index contributed by atoms with van der Waals surface area (Å²) in [6.45, 7) is 1.36. The number of ether oxygens (including phenoxy) is 1. The highest BCUT2D eigenvalue weighted by molar-refractivity contribution is 7.13. The van der Waals surface area contributed by atoms with E-state index in [4.69, 9.17) is 9.72 Å². The molecule has 34 heavy (non-hydrogen) atoms. The van der Waals surface area contributed by atoms with E-state index in [1.54, 1.807) is 25.1 Å². The Bertz CT molecular complexity index is 1370. The molecule has 1 aliphatic heterocycles. The number of rotatable bonds is 5. The molecule has 1 N–H and O–H groups in total. The zero-order valence-corrected chi connectivity index (χ0v) is 19.0. The van der Waals surface area contributed by atoms with E-state index in [0.717, 1.165) is 21.8 Å². The van der Waals surface area contributed by atoms with Gasteiger partial charge in [-0.2, -0.15) is 0 Å². The Morgan fingerprint density at radius 1 is 1.09 bits per heavy atom. The summed E-state index contributed by atoms with van der Waals surface area (Å²) in [5, 5.41) is 5.37. The largest absolute Gasteiger partial charge is 0.479 e. The van der Waals surface area contributed by atoms with Crippen LogP contribution >= 0.6 is 11.3 Å². The van der Waals surface area contributed by atoms with E-state index < -0.39 is 17.8 Å². The van der Waals surface area contributed by atoms with Gasteiger partial charge in [-0.25, -0.2) is 9.37 Å². The molecule has 2 amide bonds. The fourth-order valence-electron chi connectivity index (χ4n) is 3.74. The number of halogens is 1. The zero-order chi connectivity index (χ0) is 23.7. The summed E-state index contributed by atoms with van der Waals surface area (Å²) in [6.07, 6.45) is -0.747. The maximum absolute atomic E-state index is 14.0. The van der Waals surface area contributed by atoms with Gasteiger partial charge in [0.2, 0.25) is 5.91 Å². The van der Waals surface area contributed by atoms with E-state index >= 15 is 0 Å². The Balaban J connectivity index is 1.44. The van der Waals surface area contributed by atoms with E-state index in [1.807, 2.05) is 41.8 Å². The minimum absolute atomic E-state index is 0.0612. The molecule has 170 valence electrons. The number of thiazole rings is 1. The fraction of sp³-hybridized carbons (Fsp3) is 0.115. The van der Waals surface area contributed by atoms with Crippen LogP contribution in [0.25, 0.3) is 21.8 Å². The van der Waals surface area contributed by atoms with Gasteiger partial charge in [-0.05, 0) is 37.3 Å². The van der Waals surface area contributed by atoms with Crippen LogP contribution in [0.15, 0.2) is 78.2 Å². The predicted molar refractivity (Wildman–Crippen MR) is 130 cm³/mol. The first-order valence-electron chi connectivity index (χ1n) is 10.7. The van der Waals surface area contributed by atoms with Crippen LogP contribution in [0.3, 0.4) is 0 Å². The van der Waals surface area contributed by atoms with Gasteiger partial charge in [0.05, 0.1) is 17.1 Å². The molecule has 0 spiro atoms. The molecule has 4 aromatic rings. The number of fused-ring (bicyclic) bond motifs is 1. The van der Waals surface area contributed by atoms with Crippen molar-refractivity contribution in [1.29, 1.82) is 0 Å². The number of hydrogen-bond acceptors (Lipinski definition) is 5. The van der Waals surface area contributed by atoms with Crippen molar-refractivity contribution >= 4 is 34.5 Å². The number of nitrogens with one attached hydrogen (secondary N) is 1. The van der Waals surface area contributed by atoms with Crippen LogP contribution < -0.4 is 15.0 Å². The number of benzene rings is 3. The Kier molecular flexibility index (Phi) is 5.81. The van der Waals surface area contributed by atoms with Crippen molar-refractivity contribution in [2.45, 2.75) is 13.0 Å². The Morgan fingerprint density at radius 3 is 2.65 bits per heavy atom. The van der Waals surface area contributed by atoms with Crippen LogP contribution in [0.5, 0.6) is 5.75 Å². The third-order valence-corrected chi connectivity index (χ3v) is 6.33. The summed E-state index contributed by atoms with van der Waals surface area (Å²) >= 11 is 1.53. The van der Waals surface area contributed by atoms with Crippen molar-refractivity contribution in [3.05, 3.63) is 84.0 Å². The molecule has 0 saturated carbocycles. The van der Waals surface area contributed by atoms with Crippen molar-refractivity contribution in [2.75, 3.05) is 16.8 Å². The molecule has 0 saturated heterocycles. The molecule has 0 fully saturated rings. The van der Waals surface area contributed by atoms with Crippen molar-refractivity contribution in [1.82, 2.24) is 4.98 Å². The van der Waals surface area contributed by atoms with E-state index in [2.05, 4.69) is 5.32 Å². The average Bonchev–Trinajstić information content (AvgIpc) is 3.34. The normalized spacial score (nSPS) is 14.9. The van der Waals surface area contributed by atoms with Crippen LogP contribution in [0.2, 0.25) is 0 Å². The third-order valence-electron chi connectivity index (χ3n) is 5.44. The zero-order valence-electron chi connectivity index (χ0n) is 18.2. The molecule has 0 aliphatic carbocycles. The molecular weight excluding hydrogens is 453 g/mol. The first-order valence-corrected chi connectivity index (χ1v) is 11.6. The lowest BCUT2D eigenvalue weighted by Crippen LogP contribution is -2.47. The number of anilines is 2. The molecule has 5 rings (SSSR count). The second-order valence-electron chi connectivity index (χ2n) is 7.80. The standard InChI is InChI=1S/C26H20FN3O3S/c1-16-26(32)30(14-24(31)28-20-10-6-5-9-19(20)27)22-13-18(11-12-23(22)33-16)21-15-34-25(29-21)17-7-3-2-4-8-17/h2-13,15-16H,14H2,1H3,(H,28,31). The minimum atomic E-state index is -0.747. The number of carbonyl (C=O) groups is 2. The van der Waals surface area contributed by atoms with Gasteiger partial charge >= 0.3 is 0 Å². The maximum Gasteiger partial charge on any atom is 0.268 e. The summed E-state index contributed by atoms with van der Waals surface area (Å²) in [6, 6.07) is 21.2. The third kappa shape index (κ3) is 4.27. The second-order valence-corrected chi connectivity index (χ2v) is 8.66. The number of para-hydroxylation sites is 1. The number of aromatic nitrogens is 1. The van der Waals surface area contributed by atoms with Gasteiger partial charge in [0.15, 0.2) is 6.10 Å². The van der Waals surface area contributed by atoms with E-state index in [1.165, 1.54) is 34.4 Å². The molecule has 3 aromatic carbocycles. The minimum Gasteiger partial charge on any atom is -0.479 e. The molecular formula is C26H20FN3O3S. The van der Waals surface area contributed by atoms with Crippen molar-refractivity contribution in [3.63, 3.8) is 0 Å². The molecule has 0 bridgehead atoms. The lowest BCUT2D eigenvalue weighted by Gasteiger charge is -2.32. The first-order chi connectivity index (χ1) is 16.5. The molecule has 6 nitrogen and oxygen atoms in total. The van der Waals surface area contributed by atoms with Gasteiger partial charge in [0.1, 0.15) is 23.1 Å². The number of nitrogens with zero attached hydrogens (tertiary/aromatic N) is 2. The van der Waals surface area contributed by atoms with Crippen LogP contribution in [0, 0.1) is 5.82 Å². The summed E-state index contributed by atoms with van der Waals surface area (Å²) in [5.74, 6) is -0.911. The maximum atomic E-state index is 14.0. The smallest absolute Gasteiger partial charge is 0.268 e. The summed E-state index contributed by atoms with van der Waals surface area (Å²) in [5.41, 5.74) is 3.11. The van der Waals surface area contributed by atoms with Crippen molar-refractivity contribution < 1.29 is 18.7 Å². The summed E-state index contributed by atoms with van der Waals surface area (Å²) < 4.78 is 19.7. The van der Waals surface area contributed by atoms with Crippen LogP contribution in [0.4, 0.5) is 15.8 Å². The monoisotopic (exact) mass is 473 g/mol. The SMILES string of the molecule is CC1Oc2ccc(-c3csc(-c4ccccc4)n3)cc2N(CC(=O)Nc2ccccc2F)C1=O. The van der Waals surface area contributed by atoms with E-state index in [-0.39, 0.29) is 18.1 Å². The fourth-order valence-corrected chi connectivity index (χ4v) is 4.58. The lowest BCUT2D eigenvalue weighted by atomic mass is 10.1. The molecule has 1 atom stereocenters. The molecule has 1 unspecified atom stereocenters. The lowest BCUT2D eigenvalue weighted by molar-refractivity contribution is -0.127. The molecule has 1 aliphatic rings. The second kappa shape index (κ2) is 9.07. The van der Waals surface area contributed by atoms with Gasteiger partial charge in [-0.1, -0.05) is 42.5 Å². The molecule has 0 radical (unpaired) electrons. The molecule has 8 heteroatoms. The molecule has 2 heterocycles. The van der Waals surface area contributed by atoms with Gasteiger partial charge in [-0.15, -0.1) is 11.3 Å². The summed E-state index contributed by atoms with van der Waals surface area (Å²) in [4.78, 5) is 31.7. The quantitative estimate of drug-likeness (QED) is 0.423. The topological polar surface area (TPSA) is 71.5 Å². The van der Waals surface area contributed by atoms with Gasteiger partial charge in [0.25, 0.3) is 5.91 Å². The Hall–Kier alpha value is -4.04. The van der Waals surface area contributed by atoms with Gasteiger partial charge in [0, 0.05) is 16.5 Å². The van der Waals surface area contributed by atoms with Crippen LogP contribution in [-0.4, -0.2) is 29.4 Å². The Labute approximate surface area is 199 Å². The number of hydrogen-bond donors (Lipinski definition) is 1.